The summed E-state index contributed by atoms with van der Waals surface area (Å²) in [5.74, 6) is 1.55. The molecule has 0 bridgehead atoms. The fraction of sp³-hybridized carbons (Fsp3) is 0.632. The first kappa shape index (κ1) is 23.0. The number of likely N-dealkylation sites (tertiary alicyclic amines) is 1. The zero-order valence-electron chi connectivity index (χ0n) is 16.1. The Bertz CT molecular complexity index is 539. The van der Waals surface area contributed by atoms with Gasteiger partial charge in [-0.15, -0.1) is 24.0 Å². The quantitative estimate of drug-likeness (QED) is 0.306. The van der Waals surface area contributed by atoms with Gasteiger partial charge in [-0.05, 0) is 50.6 Å². The second-order valence-corrected chi connectivity index (χ2v) is 6.31. The molecule has 0 radical (unpaired) electrons. The highest BCUT2D eigenvalue weighted by Gasteiger charge is 2.22. The van der Waals surface area contributed by atoms with Crippen molar-refractivity contribution in [1.29, 1.82) is 0 Å². The average Bonchev–Trinajstić information content (AvgIpc) is 3.11. The molecule has 0 aliphatic carbocycles. The van der Waals surface area contributed by atoms with Crippen molar-refractivity contribution in [2.24, 2.45) is 4.99 Å². The fourth-order valence-corrected chi connectivity index (χ4v) is 3.21. The monoisotopic (exact) mass is 476 g/mol. The predicted molar refractivity (Wildman–Crippen MR) is 118 cm³/mol. The second-order valence-electron chi connectivity index (χ2n) is 6.31. The van der Waals surface area contributed by atoms with Gasteiger partial charge in [-0.1, -0.05) is 19.1 Å². The predicted octanol–water partition coefficient (Wildman–Crippen LogP) is 2.39. The smallest absolute Gasteiger partial charge is 0.191 e. The molecule has 0 aromatic heterocycles. The van der Waals surface area contributed by atoms with Crippen LogP contribution in [-0.2, 0) is 0 Å². The Morgan fingerprint density at radius 1 is 1.31 bits per heavy atom. The lowest BCUT2D eigenvalue weighted by Gasteiger charge is -2.24. The van der Waals surface area contributed by atoms with E-state index in [0.29, 0.717) is 12.6 Å². The normalized spacial score (nSPS) is 18.9. The maximum absolute atomic E-state index is 10.3. The molecular formula is C19H33IN4O2. The lowest BCUT2D eigenvalue weighted by molar-refractivity contribution is 0.187. The number of guanidine groups is 1. The number of methoxy groups -OCH3 is 1. The Balaban J connectivity index is 0.00000338. The summed E-state index contributed by atoms with van der Waals surface area (Å²) in [6.45, 7) is 8.55. The van der Waals surface area contributed by atoms with Crippen LogP contribution in [0, 0.1) is 0 Å². The van der Waals surface area contributed by atoms with E-state index in [1.165, 1.54) is 19.4 Å². The van der Waals surface area contributed by atoms with Gasteiger partial charge >= 0.3 is 0 Å². The third kappa shape index (κ3) is 6.92. The zero-order chi connectivity index (χ0) is 18.1. The van der Waals surface area contributed by atoms with E-state index in [1.807, 2.05) is 31.2 Å². The van der Waals surface area contributed by atoms with E-state index in [2.05, 4.69) is 27.4 Å². The number of aliphatic hydroxyl groups is 1. The Labute approximate surface area is 174 Å². The van der Waals surface area contributed by atoms with Crippen LogP contribution in [0.5, 0.6) is 5.75 Å². The molecule has 1 aromatic carbocycles. The van der Waals surface area contributed by atoms with Gasteiger partial charge in [0.25, 0.3) is 0 Å². The number of likely N-dealkylation sites (N-methyl/N-ethyl adjacent to an activating group) is 1. The summed E-state index contributed by atoms with van der Waals surface area (Å²) in [4.78, 5) is 7.04. The standard InChI is InChI=1S/C19H32N4O2.HI/c1-4-20-19(21-13-16-7-6-12-23(16)5-2)22-14-18(24)15-8-10-17(25-3)11-9-15;/h8-11,16,18,24H,4-7,12-14H2,1-3H3,(H2,20,21,22);1H. The minimum Gasteiger partial charge on any atom is -0.497 e. The molecule has 148 valence electrons. The number of halogens is 1. The molecule has 0 spiro atoms. The molecule has 7 heteroatoms. The zero-order valence-corrected chi connectivity index (χ0v) is 18.4. The van der Waals surface area contributed by atoms with Crippen LogP contribution in [0.4, 0.5) is 0 Å². The molecule has 1 aromatic rings. The average molecular weight is 476 g/mol. The van der Waals surface area contributed by atoms with Gasteiger partial charge in [0.15, 0.2) is 5.96 Å². The lowest BCUT2D eigenvalue weighted by atomic mass is 10.1. The molecule has 0 saturated carbocycles. The number of nitrogens with zero attached hydrogens (tertiary/aromatic N) is 2. The summed E-state index contributed by atoms with van der Waals surface area (Å²) < 4.78 is 5.14. The van der Waals surface area contributed by atoms with E-state index in [4.69, 9.17) is 4.74 Å². The topological polar surface area (TPSA) is 69.1 Å². The van der Waals surface area contributed by atoms with Gasteiger partial charge in [0.05, 0.1) is 19.8 Å². The van der Waals surface area contributed by atoms with Crippen molar-refractivity contribution in [2.75, 3.05) is 39.8 Å². The molecule has 2 unspecified atom stereocenters. The summed E-state index contributed by atoms with van der Waals surface area (Å²) in [6.07, 6.45) is 1.87. The lowest BCUT2D eigenvalue weighted by Crippen LogP contribution is -2.45. The maximum Gasteiger partial charge on any atom is 0.191 e. The highest BCUT2D eigenvalue weighted by molar-refractivity contribution is 14.0. The summed E-state index contributed by atoms with van der Waals surface area (Å²) in [5.41, 5.74) is 0.841. The number of nitrogens with one attached hydrogen (secondary N) is 2. The third-order valence-corrected chi connectivity index (χ3v) is 4.68. The van der Waals surface area contributed by atoms with Crippen molar-refractivity contribution in [3.63, 3.8) is 0 Å². The minimum absolute atomic E-state index is 0. The third-order valence-electron chi connectivity index (χ3n) is 4.68. The van der Waals surface area contributed by atoms with Crippen LogP contribution in [0.1, 0.15) is 38.4 Å². The molecule has 1 aliphatic heterocycles. The second kappa shape index (κ2) is 12.3. The van der Waals surface area contributed by atoms with Crippen LogP contribution in [-0.4, -0.2) is 61.8 Å². The Kier molecular flexibility index (Phi) is 10.9. The number of rotatable bonds is 8. The van der Waals surface area contributed by atoms with E-state index in [0.717, 1.165) is 36.9 Å². The van der Waals surface area contributed by atoms with E-state index in [1.54, 1.807) is 7.11 Å². The van der Waals surface area contributed by atoms with Crippen molar-refractivity contribution in [2.45, 2.75) is 38.8 Å². The van der Waals surface area contributed by atoms with E-state index < -0.39 is 6.10 Å². The van der Waals surface area contributed by atoms with E-state index >= 15 is 0 Å². The number of ether oxygens (including phenoxy) is 1. The van der Waals surface area contributed by atoms with Gasteiger partial charge < -0.3 is 20.5 Å². The number of hydrogen-bond donors (Lipinski definition) is 3. The van der Waals surface area contributed by atoms with Gasteiger partial charge in [-0.3, -0.25) is 9.89 Å². The highest BCUT2D eigenvalue weighted by atomic mass is 127. The fourth-order valence-electron chi connectivity index (χ4n) is 3.21. The van der Waals surface area contributed by atoms with Gasteiger partial charge in [0.1, 0.15) is 5.75 Å². The van der Waals surface area contributed by atoms with Crippen LogP contribution in [0.3, 0.4) is 0 Å². The first-order chi connectivity index (χ1) is 12.2. The van der Waals surface area contributed by atoms with Gasteiger partial charge in [-0.2, -0.15) is 0 Å². The van der Waals surface area contributed by atoms with Crippen molar-refractivity contribution >= 4 is 29.9 Å². The van der Waals surface area contributed by atoms with Crippen LogP contribution in [0.2, 0.25) is 0 Å². The van der Waals surface area contributed by atoms with E-state index in [-0.39, 0.29) is 24.0 Å². The Hall–Kier alpha value is -1.06. The Morgan fingerprint density at radius 2 is 2.04 bits per heavy atom. The van der Waals surface area contributed by atoms with Gasteiger partial charge in [0.2, 0.25) is 0 Å². The van der Waals surface area contributed by atoms with Crippen molar-refractivity contribution in [3.05, 3.63) is 29.8 Å². The number of hydrogen-bond acceptors (Lipinski definition) is 4. The van der Waals surface area contributed by atoms with Gasteiger partial charge in [0, 0.05) is 19.1 Å². The van der Waals surface area contributed by atoms with Crippen molar-refractivity contribution in [3.8, 4) is 5.75 Å². The first-order valence-corrected chi connectivity index (χ1v) is 9.26. The Morgan fingerprint density at radius 3 is 2.65 bits per heavy atom. The molecule has 26 heavy (non-hydrogen) atoms. The minimum atomic E-state index is -0.625. The number of benzene rings is 1. The molecule has 1 heterocycles. The van der Waals surface area contributed by atoms with Crippen molar-refractivity contribution < 1.29 is 9.84 Å². The molecule has 6 nitrogen and oxygen atoms in total. The van der Waals surface area contributed by atoms with Gasteiger partial charge in [-0.25, -0.2) is 0 Å². The van der Waals surface area contributed by atoms with Crippen molar-refractivity contribution in [1.82, 2.24) is 15.5 Å². The van der Waals surface area contributed by atoms with Crippen LogP contribution in [0.15, 0.2) is 29.3 Å². The molecule has 1 saturated heterocycles. The largest absolute Gasteiger partial charge is 0.497 e. The molecule has 2 atom stereocenters. The number of aliphatic hydroxyl groups excluding tert-OH is 1. The summed E-state index contributed by atoms with van der Waals surface area (Å²) in [5, 5.41) is 17.0. The molecule has 0 amide bonds. The highest BCUT2D eigenvalue weighted by Crippen LogP contribution is 2.18. The van der Waals surface area contributed by atoms with E-state index in [9.17, 15) is 5.11 Å². The molecule has 2 rings (SSSR count). The molecular weight excluding hydrogens is 443 g/mol. The first-order valence-electron chi connectivity index (χ1n) is 9.26. The van der Waals surface area contributed by atoms with Crippen LogP contribution < -0.4 is 15.4 Å². The summed E-state index contributed by atoms with van der Waals surface area (Å²) in [6, 6.07) is 8.02. The molecule has 1 aliphatic rings. The van der Waals surface area contributed by atoms with Crippen LogP contribution in [0.25, 0.3) is 0 Å². The summed E-state index contributed by atoms with van der Waals surface area (Å²) in [7, 11) is 1.63. The van der Waals surface area contributed by atoms with Crippen LogP contribution >= 0.6 is 24.0 Å². The molecule has 1 fully saturated rings. The molecule has 3 N–H and O–H groups in total. The maximum atomic E-state index is 10.3. The summed E-state index contributed by atoms with van der Waals surface area (Å²) >= 11 is 0. The number of aliphatic imine (C=N–C) groups is 1. The SMILES string of the molecule is CCNC(=NCC(O)c1ccc(OC)cc1)NCC1CCCN1CC.I.